The SMILES string of the molecule is OC(CN1CCCC(c2cc(C(F)(F)F)n[nH]2)C1)Cn1cccn1. The molecule has 2 aromatic rings. The molecule has 0 radical (unpaired) electrons. The van der Waals surface area contributed by atoms with E-state index in [9.17, 15) is 18.3 Å². The van der Waals surface area contributed by atoms with Crippen LogP contribution in [0.2, 0.25) is 0 Å². The summed E-state index contributed by atoms with van der Waals surface area (Å²) in [5.41, 5.74) is -0.373. The molecule has 9 heteroatoms. The zero-order chi connectivity index (χ0) is 17.2. The second-order valence-corrected chi connectivity index (χ2v) is 6.19. The van der Waals surface area contributed by atoms with Gasteiger partial charge in [0.05, 0.1) is 12.6 Å². The highest BCUT2D eigenvalue weighted by Gasteiger charge is 2.35. The number of aromatic amines is 1. The zero-order valence-electron chi connectivity index (χ0n) is 13.1. The molecule has 0 spiro atoms. The summed E-state index contributed by atoms with van der Waals surface area (Å²) in [6.45, 7) is 2.30. The highest BCUT2D eigenvalue weighted by molar-refractivity contribution is 5.16. The molecule has 1 aliphatic heterocycles. The minimum Gasteiger partial charge on any atom is -0.390 e. The van der Waals surface area contributed by atoms with E-state index in [1.807, 2.05) is 0 Å². The van der Waals surface area contributed by atoms with Gasteiger partial charge in [0.2, 0.25) is 0 Å². The number of rotatable bonds is 5. The predicted octanol–water partition coefficient (Wildman–Crippen LogP) is 1.87. The summed E-state index contributed by atoms with van der Waals surface area (Å²) in [4.78, 5) is 2.08. The predicted molar refractivity (Wildman–Crippen MR) is 80.2 cm³/mol. The number of halogens is 3. The van der Waals surface area contributed by atoms with Gasteiger partial charge in [-0.3, -0.25) is 9.78 Å². The first-order valence-electron chi connectivity index (χ1n) is 7.92. The van der Waals surface area contributed by atoms with Crippen LogP contribution in [0.25, 0.3) is 0 Å². The van der Waals surface area contributed by atoms with Crippen LogP contribution >= 0.6 is 0 Å². The molecule has 3 heterocycles. The molecule has 3 rings (SSSR count). The van der Waals surface area contributed by atoms with Crippen LogP contribution in [0.4, 0.5) is 13.2 Å². The van der Waals surface area contributed by atoms with Gasteiger partial charge in [0.1, 0.15) is 0 Å². The Kier molecular flexibility index (Phi) is 4.91. The Morgan fingerprint density at radius 2 is 2.21 bits per heavy atom. The van der Waals surface area contributed by atoms with Crippen molar-refractivity contribution in [1.82, 2.24) is 24.9 Å². The molecular formula is C15H20F3N5O. The number of nitrogens with one attached hydrogen (secondary N) is 1. The van der Waals surface area contributed by atoms with E-state index in [2.05, 4.69) is 20.2 Å². The Hall–Kier alpha value is -1.87. The Morgan fingerprint density at radius 3 is 2.88 bits per heavy atom. The van der Waals surface area contributed by atoms with E-state index < -0.39 is 18.0 Å². The molecule has 1 saturated heterocycles. The minimum absolute atomic E-state index is 0.0285. The maximum Gasteiger partial charge on any atom is 0.435 e. The van der Waals surface area contributed by atoms with Crippen LogP contribution in [-0.4, -0.2) is 55.7 Å². The van der Waals surface area contributed by atoms with Crippen molar-refractivity contribution in [2.45, 2.75) is 37.6 Å². The number of hydrogen-bond donors (Lipinski definition) is 2. The Balaban J connectivity index is 1.57. The van der Waals surface area contributed by atoms with Crippen LogP contribution in [0.15, 0.2) is 24.5 Å². The average Bonchev–Trinajstić information content (AvgIpc) is 3.17. The number of hydrogen-bond acceptors (Lipinski definition) is 4. The number of likely N-dealkylation sites (tertiary alicyclic amines) is 1. The lowest BCUT2D eigenvalue weighted by atomic mass is 9.94. The lowest BCUT2D eigenvalue weighted by Gasteiger charge is -2.33. The van der Waals surface area contributed by atoms with Gasteiger partial charge >= 0.3 is 6.18 Å². The molecule has 0 saturated carbocycles. The third-order valence-electron chi connectivity index (χ3n) is 4.26. The van der Waals surface area contributed by atoms with E-state index in [1.165, 1.54) is 0 Å². The third-order valence-corrected chi connectivity index (χ3v) is 4.26. The lowest BCUT2D eigenvalue weighted by Crippen LogP contribution is -2.40. The maximum atomic E-state index is 12.7. The second-order valence-electron chi connectivity index (χ2n) is 6.19. The van der Waals surface area contributed by atoms with Crippen molar-refractivity contribution in [1.29, 1.82) is 0 Å². The largest absolute Gasteiger partial charge is 0.435 e. The van der Waals surface area contributed by atoms with Crippen molar-refractivity contribution in [2.24, 2.45) is 0 Å². The molecule has 132 valence electrons. The molecule has 2 unspecified atom stereocenters. The normalized spacial score (nSPS) is 21.1. The Labute approximate surface area is 137 Å². The lowest BCUT2D eigenvalue weighted by molar-refractivity contribution is -0.141. The van der Waals surface area contributed by atoms with Gasteiger partial charge in [-0.05, 0) is 31.5 Å². The van der Waals surface area contributed by atoms with Crippen LogP contribution in [0.3, 0.4) is 0 Å². The number of alkyl halides is 3. The van der Waals surface area contributed by atoms with Crippen molar-refractivity contribution >= 4 is 0 Å². The number of nitrogens with zero attached hydrogens (tertiary/aromatic N) is 4. The first-order valence-corrected chi connectivity index (χ1v) is 7.92. The summed E-state index contributed by atoms with van der Waals surface area (Å²) in [7, 11) is 0. The van der Waals surface area contributed by atoms with Crippen LogP contribution in [0, 0.1) is 0 Å². The van der Waals surface area contributed by atoms with Gasteiger partial charge in [-0.25, -0.2) is 0 Å². The fraction of sp³-hybridized carbons (Fsp3) is 0.600. The van der Waals surface area contributed by atoms with Crippen LogP contribution in [-0.2, 0) is 12.7 Å². The summed E-state index contributed by atoms with van der Waals surface area (Å²) < 4.78 is 39.7. The van der Waals surface area contributed by atoms with E-state index in [0.29, 0.717) is 25.3 Å². The first kappa shape index (κ1) is 17.0. The van der Waals surface area contributed by atoms with E-state index >= 15 is 0 Å². The fourth-order valence-corrected chi connectivity index (χ4v) is 3.15. The van der Waals surface area contributed by atoms with Crippen molar-refractivity contribution in [3.8, 4) is 0 Å². The molecule has 0 bridgehead atoms. The minimum atomic E-state index is -4.43. The van der Waals surface area contributed by atoms with Crippen LogP contribution in [0.5, 0.6) is 0 Å². The number of aromatic nitrogens is 4. The van der Waals surface area contributed by atoms with Gasteiger partial charge in [-0.15, -0.1) is 0 Å². The van der Waals surface area contributed by atoms with Crippen molar-refractivity contribution in [3.05, 3.63) is 35.9 Å². The summed E-state index contributed by atoms with van der Waals surface area (Å²) in [6, 6.07) is 2.88. The van der Waals surface area contributed by atoms with Crippen LogP contribution in [0.1, 0.15) is 30.1 Å². The van der Waals surface area contributed by atoms with Gasteiger partial charge in [0, 0.05) is 37.1 Å². The van der Waals surface area contributed by atoms with Crippen molar-refractivity contribution in [3.63, 3.8) is 0 Å². The monoisotopic (exact) mass is 343 g/mol. The molecule has 0 amide bonds. The number of aliphatic hydroxyl groups excluding tert-OH is 1. The highest BCUT2D eigenvalue weighted by Crippen LogP contribution is 2.32. The summed E-state index contributed by atoms with van der Waals surface area (Å²) in [5, 5.41) is 20.1. The summed E-state index contributed by atoms with van der Waals surface area (Å²) in [6.07, 6.45) is 0.121. The van der Waals surface area contributed by atoms with Crippen molar-refractivity contribution < 1.29 is 18.3 Å². The van der Waals surface area contributed by atoms with Crippen molar-refractivity contribution in [2.75, 3.05) is 19.6 Å². The second kappa shape index (κ2) is 6.94. The molecular weight excluding hydrogens is 323 g/mol. The van der Waals surface area contributed by atoms with E-state index in [0.717, 1.165) is 25.5 Å². The van der Waals surface area contributed by atoms with Gasteiger partial charge in [0.25, 0.3) is 0 Å². The number of H-pyrrole nitrogens is 1. The Bertz CT molecular complexity index is 640. The van der Waals surface area contributed by atoms with Gasteiger partial charge in [-0.1, -0.05) is 0 Å². The molecule has 2 atom stereocenters. The Morgan fingerprint density at radius 1 is 1.38 bits per heavy atom. The number of β-amino-alcohol motifs (C(OH)–C–C–N with tert-alkyl or cyclic N) is 1. The topological polar surface area (TPSA) is 70.0 Å². The molecule has 0 aliphatic carbocycles. The van der Waals surface area contributed by atoms with E-state index in [-0.39, 0.29) is 5.92 Å². The maximum absolute atomic E-state index is 12.7. The van der Waals surface area contributed by atoms with Gasteiger partial charge < -0.3 is 10.0 Å². The van der Waals surface area contributed by atoms with Crippen LogP contribution < -0.4 is 0 Å². The smallest absolute Gasteiger partial charge is 0.390 e. The molecule has 2 N–H and O–H groups in total. The van der Waals surface area contributed by atoms with E-state index in [4.69, 9.17) is 0 Å². The highest BCUT2D eigenvalue weighted by atomic mass is 19.4. The number of piperidine rings is 1. The summed E-state index contributed by atoms with van der Waals surface area (Å²) in [5.74, 6) is -0.0285. The molecule has 24 heavy (non-hydrogen) atoms. The number of aliphatic hydroxyl groups is 1. The van der Waals surface area contributed by atoms with Gasteiger partial charge in [-0.2, -0.15) is 23.4 Å². The standard InChI is InChI=1S/C15H20F3N5O/c16-15(17,18)14-7-13(20-21-14)11-3-1-5-22(8-11)9-12(24)10-23-6-2-4-19-23/h2,4,6-7,11-12,24H,1,3,5,8-10H2,(H,20,21). The van der Waals surface area contributed by atoms with E-state index in [1.54, 1.807) is 23.1 Å². The fourth-order valence-electron chi connectivity index (χ4n) is 3.15. The quantitative estimate of drug-likeness (QED) is 0.870. The summed E-state index contributed by atoms with van der Waals surface area (Å²) >= 11 is 0. The molecule has 2 aromatic heterocycles. The zero-order valence-corrected chi connectivity index (χ0v) is 13.1. The molecule has 0 aromatic carbocycles. The third kappa shape index (κ3) is 4.15. The average molecular weight is 343 g/mol. The molecule has 1 aliphatic rings. The van der Waals surface area contributed by atoms with Gasteiger partial charge in [0.15, 0.2) is 5.69 Å². The first-order chi connectivity index (χ1) is 11.4. The molecule has 1 fully saturated rings. The molecule has 6 nitrogen and oxygen atoms in total.